The summed E-state index contributed by atoms with van der Waals surface area (Å²) < 4.78 is 13.1. The summed E-state index contributed by atoms with van der Waals surface area (Å²) in [6.07, 6.45) is 7.46. The van der Waals surface area contributed by atoms with Crippen LogP contribution in [-0.2, 0) is 6.54 Å². The van der Waals surface area contributed by atoms with E-state index in [1.54, 1.807) is 0 Å². The van der Waals surface area contributed by atoms with Crippen molar-refractivity contribution in [2.24, 2.45) is 5.92 Å². The fourth-order valence-electron chi connectivity index (χ4n) is 5.54. The maximum absolute atomic E-state index is 5.63. The van der Waals surface area contributed by atoms with Crippen LogP contribution in [0.2, 0.25) is 0 Å². The van der Waals surface area contributed by atoms with Gasteiger partial charge >= 0.3 is 0 Å². The molecular formula is C26H31N5O2. The van der Waals surface area contributed by atoms with Crippen molar-refractivity contribution in [3.8, 4) is 28.4 Å². The minimum Gasteiger partial charge on any atom is -0.454 e. The fraction of sp³-hybridized carbons (Fsp3) is 0.423. The molecule has 0 radical (unpaired) electrons. The van der Waals surface area contributed by atoms with Gasteiger partial charge < -0.3 is 14.4 Å². The Labute approximate surface area is 194 Å². The highest BCUT2D eigenvalue weighted by molar-refractivity contribution is 5.67. The van der Waals surface area contributed by atoms with Crippen LogP contribution in [0.5, 0.6) is 11.5 Å². The van der Waals surface area contributed by atoms with Gasteiger partial charge in [0.2, 0.25) is 6.79 Å². The van der Waals surface area contributed by atoms with Crippen LogP contribution in [0.1, 0.15) is 31.2 Å². The summed E-state index contributed by atoms with van der Waals surface area (Å²) in [4.78, 5) is 2.42. The molecule has 3 unspecified atom stereocenters. The van der Waals surface area contributed by atoms with E-state index >= 15 is 0 Å². The summed E-state index contributed by atoms with van der Waals surface area (Å²) in [6, 6.07) is 17.5. The molecule has 3 aliphatic rings. The molecule has 1 saturated carbocycles. The number of ether oxygens (including phenoxy) is 2. The first-order valence-electron chi connectivity index (χ1n) is 12.0. The molecule has 1 saturated heterocycles. The van der Waals surface area contributed by atoms with Crippen LogP contribution < -0.4 is 20.3 Å². The molecule has 2 aliphatic heterocycles. The molecule has 7 heteroatoms. The van der Waals surface area contributed by atoms with E-state index in [0.29, 0.717) is 12.1 Å². The number of hydrazine groups is 1. The third-order valence-corrected chi connectivity index (χ3v) is 7.20. The Kier molecular flexibility index (Phi) is 5.54. The Bertz CT molecular complexity index is 1120. The second-order valence-corrected chi connectivity index (χ2v) is 9.50. The number of nitrogens with zero attached hydrogens (tertiary/aromatic N) is 3. The zero-order valence-electron chi connectivity index (χ0n) is 19.0. The summed E-state index contributed by atoms with van der Waals surface area (Å²) in [5.74, 6) is 2.30. The Hall–Kier alpha value is -2.87. The average molecular weight is 446 g/mol. The lowest BCUT2D eigenvalue weighted by molar-refractivity contribution is 0.174. The van der Waals surface area contributed by atoms with E-state index in [-0.39, 0.29) is 6.79 Å². The number of benzene rings is 2. The molecule has 0 spiro atoms. The van der Waals surface area contributed by atoms with Gasteiger partial charge in [0.25, 0.3) is 0 Å². The molecule has 33 heavy (non-hydrogen) atoms. The van der Waals surface area contributed by atoms with E-state index in [1.807, 2.05) is 35.0 Å². The molecule has 2 fully saturated rings. The lowest BCUT2D eigenvalue weighted by Gasteiger charge is -2.29. The van der Waals surface area contributed by atoms with E-state index in [4.69, 9.17) is 14.6 Å². The normalized spacial score (nSPS) is 23.8. The van der Waals surface area contributed by atoms with Gasteiger partial charge in [0, 0.05) is 42.5 Å². The molecule has 6 rings (SSSR count). The molecule has 7 nitrogen and oxygen atoms in total. The predicted octanol–water partition coefficient (Wildman–Crippen LogP) is 3.74. The monoisotopic (exact) mass is 445 g/mol. The third-order valence-electron chi connectivity index (χ3n) is 7.20. The van der Waals surface area contributed by atoms with Crippen LogP contribution in [0, 0.1) is 5.92 Å². The minimum absolute atomic E-state index is 0.275. The quantitative estimate of drug-likeness (QED) is 0.603. The Morgan fingerprint density at radius 1 is 1.03 bits per heavy atom. The molecule has 1 aromatic heterocycles. The number of fused-ring (bicyclic) bond motifs is 2. The topological polar surface area (TPSA) is 63.6 Å². The number of para-hydroxylation sites is 1. The Morgan fingerprint density at radius 3 is 2.79 bits per heavy atom. The van der Waals surface area contributed by atoms with Crippen LogP contribution in [0.4, 0.5) is 0 Å². The van der Waals surface area contributed by atoms with Crippen LogP contribution in [-0.4, -0.2) is 47.1 Å². The Balaban J connectivity index is 1.27. The van der Waals surface area contributed by atoms with Crippen molar-refractivity contribution in [1.29, 1.82) is 0 Å². The lowest BCUT2D eigenvalue weighted by Crippen LogP contribution is -2.41. The first-order valence-corrected chi connectivity index (χ1v) is 12.0. The van der Waals surface area contributed by atoms with Crippen LogP contribution in [0.3, 0.4) is 0 Å². The van der Waals surface area contributed by atoms with E-state index in [2.05, 4.69) is 47.2 Å². The van der Waals surface area contributed by atoms with Gasteiger partial charge in [-0.2, -0.15) is 5.10 Å². The van der Waals surface area contributed by atoms with Gasteiger partial charge in [-0.25, -0.2) is 4.68 Å². The van der Waals surface area contributed by atoms with Crippen molar-refractivity contribution < 1.29 is 9.47 Å². The second kappa shape index (κ2) is 8.82. The second-order valence-electron chi connectivity index (χ2n) is 9.50. The fourth-order valence-corrected chi connectivity index (χ4v) is 5.54. The van der Waals surface area contributed by atoms with Gasteiger partial charge in [0.1, 0.15) is 0 Å². The zero-order chi connectivity index (χ0) is 22.2. The molecule has 172 valence electrons. The smallest absolute Gasteiger partial charge is 0.231 e. The first kappa shape index (κ1) is 20.7. The number of likely N-dealkylation sites (N-methyl/N-ethyl adjacent to an activating group) is 1. The SMILES string of the molecule is CN(Cc1cn(-c2ccccc2)nc1-c1ccc2c(c1)OCO2)CC1NNC2CCCCC21. The molecule has 3 aromatic rings. The molecule has 1 aliphatic carbocycles. The molecule has 3 heterocycles. The van der Waals surface area contributed by atoms with Crippen molar-refractivity contribution >= 4 is 0 Å². The van der Waals surface area contributed by atoms with Gasteiger partial charge in [-0.3, -0.25) is 10.9 Å². The number of nitrogens with one attached hydrogen (secondary N) is 2. The summed E-state index contributed by atoms with van der Waals surface area (Å²) >= 11 is 0. The molecule has 3 atom stereocenters. The maximum atomic E-state index is 5.63. The summed E-state index contributed by atoms with van der Waals surface area (Å²) in [5.41, 5.74) is 11.4. The molecular weight excluding hydrogens is 414 g/mol. The number of hydrogen-bond acceptors (Lipinski definition) is 6. The van der Waals surface area contributed by atoms with Gasteiger partial charge in [0.15, 0.2) is 11.5 Å². The highest BCUT2D eigenvalue weighted by Gasteiger charge is 2.37. The van der Waals surface area contributed by atoms with Crippen molar-refractivity contribution in [2.45, 2.75) is 44.3 Å². The van der Waals surface area contributed by atoms with Gasteiger partial charge in [0.05, 0.1) is 11.4 Å². The number of aromatic nitrogens is 2. The minimum atomic E-state index is 0.275. The zero-order valence-corrected chi connectivity index (χ0v) is 19.0. The highest BCUT2D eigenvalue weighted by atomic mass is 16.7. The summed E-state index contributed by atoms with van der Waals surface area (Å²) in [7, 11) is 2.21. The summed E-state index contributed by atoms with van der Waals surface area (Å²) in [6.45, 7) is 2.11. The van der Waals surface area contributed by atoms with Gasteiger partial charge in [-0.15, -0.1) is 0 Å². The average Bonchev–Trinajstić information content (AvgIpc) is 3.58. The van der Waals surface area contributed by atoms with E-state index < -0.39 is 0 Å². The molecule has 0 amide bonds. The summed E-state index contributed by atoms with van der Waals surface area (Å²) in [5, 5.41) is 4.99. The van der Waals surface area contributed by atoms with E-state index in [0.717, 1.165) is 47.5 Å². The molecule has 0 bridgehead atoms. The van der Waals surface area contributed by atoms with Gasteiger partial charge in [-0.1, -0.05) is 31.0 Å². The van der Waals surface area contributed by atoms with Crippen molar-refractivity contribution in [3.05, 3.63) is 60.3 Å². The van der Waals surface area contributed by atoms with Crippen molar-refractivity contribution in [3.63, 3.8) is 0 Å². The van der Waals surface area contributed by atoms with E-state index in [1.165, 1.54) is 31.2 Å². The van der Waals surface area contributed by atoms with Crippen LogP contribution in [0.25, 0.3) is 16.9 Å². The standard InChI is InChI=1S/C26H31N5O2/c1-30(16-23-21-9-5-6-10-22(21)27-28-23)14-19-15-31(20-7-3-2-4-8-20)29-26(19)18-11-12-24-25(13-18)33-17-32-24/h2-4,7-8,11-13,15,21-23,27-28H,5-6,9-10,14,16-17H2,1H3. The van der Waals surface area contributed by atoms with Crippen LogP contribution in [0.15, 0.2) is 54.7 Å². The third kappa shape index (κ3) is 4.12. The van der Waals surface area contributed by atoms with Crippen LogP contribution >= 0.6 is 0 Å². The molecule has 2 N–H and O–H groups in total. The number of hydrogen-bond donors (Lipinski definition) is 2. The highest BCUT2D eigenvalue weighted by Crippen LogP contribution is 2.37. The Morgan fingerprint density at radius 2 is 1.88 bits per heavy atom. The van der Waals surface area contributed by atoms with E-state index in [9.17, 15) is 0 Å². The first-order chi connectivity index (χ1) is 16.2. The molecule has 2 aromatic carbocycles. The largest absolute Gasteiger partial charge is 0.454 e. The van der Waals surface area contributed by atoms with Gasteiger partial charge in [-0.05, 0) is 56.1 Å². The van der Waals surface area contributed by atoms with Crippen molar-refractivity contribution in [1.82, 2.24) is 25.5 Å². The van der Waals surface area contributed by atoms with Crippen molar-refractivity contribution in [2.75, 3.05) is 20.4 Å². The number of rotatable bonds is 6. The predicted molar refractivity (Wildman–Crippen MR) is 127 cm³/mol. The lowest BCUT2D eigenvalue weighted by atomic mass is 9.81. The maximum Gasteiger partial charge on any atom is 0.231 e.